The van der Waals surface area contributed by atoms with E-state index in [1.807, 2.05) is 24.3 Å². The van der Waals surface area contributed by atoms with Gasteiger partial charge in [0.05, 0.1) is 6.54 Å². The van der Waals surface area contributed by atoms with E-state index in [2.05, 4.69) is 20.9 Å². The Bertz CT molecular complexity index is 537. The molecular weight excluding hydrogens is 284 g/mol. The highest BCUT2D eigenvalue weighted by atomic mass is 79.9. The van der Waals surface area contributed by atoms with Crippen molar-refractivity contribution in [3.05, 3.63) is 57.7 Å². The highest BCUT2D eigenvalue weighted by Crippen LogP contribution is 2.15. The van der Waals surface area contributed by atoms with Gasteiger partial charge in [0, 0.05) is 16.9 Å². The number of hydrogen-bond donors (Lipinski definition) is 0. The highest BCUT2D eigenvalue weighted by molar-refractivity contribution is 9.10. The minimum absolute atomic E-state index is 0.257. The van der Waals surface area contributed by atoms with Crippen LogP contribution in [0, 0.1) is 0 Å². The smallest absolute Gasteiger partial charge is 0.347 e. The molecule has 0 atom stereocenters. The molecule has 0 N–H and O–H groups in total. The average Bonchev–Trinajstić information content (AvgIpc) is 2.34. The van der Waals surface area contributed by atoms with Crippen molar-refractivity contribution < 1.29 is 4.74 Å². The summed E-state index contributed by atoms with van der Waals surface area (Å²) in [5, 5.41) is 0. The standard InChI is InChI=1S/C12H11BrN2O2/c13-10-2-4-11(5-3-10)17-9-8-15-7-1-6-14-12(15)16/h1-7H,8-9H2. The third-order valence-corrected chi connectivity index (χ3v) is 2.73. The van der Waals surface area contributed by atoms with E-state index in [-0.39, 0.29) is 5.69 Å². The third kappa shape index (κ3) is 3.42. The van der Waals surface area contributed by atoms with Crippen LogP contribution in [0.5, 0.6) is 5.75 Å². The van der Waals surface area contributed by atoms with E-state index in [1.54, 1.807) is 12.3 Å². The second kappa shape index (κ2) is 5.63. The summed E-state index contributed by atoms with van der Waals surface area (Å²) in [6.45, 7) is 0.927. The molecule has 0 saturated heterocycles. The van der Waals surface area contributed by atoms with Crippen LogP contribution in [0.25, 0.3) is 0 Å². The molecule has 2 aromatic rings. The molecule has 0 aliphatic rings. The van der Waals surface area contributed by atoms with Crippen LogP contribution in [0.15, 0.2) is 52.0 Å². The molecule has 0 amide bonds. The molecule has 4 nitrogen and oxygen atoms in total. The number of benzene rings is 1. The quantitative estimate of drug-likeness (QED) is 0.867. The van der Waals surface area contributed by atoms with E-state index >= 15 is 0 Å². The lowest BCUT2D eigenvalue weighted by Crippen LogP contribution is -2.24. The lowest BCUT2D eigenvalue weighted by atomic mass is 10.3. The Hall–Kier alpha value is -1.62. The van der Waals surface area contributed by atoms with Crippen LogP contribution < -0.4 is 10.4 Å². The van der Waals surface area contributed by atoms with Crippen LogP contribution in [-0.2, 0) is 6.54 Å². The van der Waals surface area contributed by atoms with Gasteiger partial charge < -0.3 is 4.74 Å². The van der Waals surface area contributed by atoms with Crippen molar-refractivity contribution in [2.75, 3.05) is 6.61 Å². The monoisotopic (exact) mass is 294 g/mol. The predicted molar refractivity (Wildman–Crippen MR) is 68.1 cm³/mol. The van der Waals surface area contributed by atoms with Crippen LogP contribution in [0.2, 0.25) is 0 Å². The number of ether oxygens (including phenoxy) is 1. The second-order valence-corrected chi connectivity index (χ2v) is 4.31. The topological polar surface area (TPSA) is 44.1 Å². The molecule has 0 spiro atoms. The Kier molecular flexibility index (Phi) is 3.93. The van der Waals surface area contributed by atoms with Crippen LogP contribution in [0.3, 0.4) is 0 Å². The van der Waals surface area contributed by atoms with Crippen LogP contribution in [0.4, 0.5) is 0 Å². The Balaban J connectivity index is 1.90. The number of rotatable bonds is 4. The summed E-state index contributed by atoms with van der Waals surface area (Å²) in [7, 11) is 0. The number of nitrogens with zero attached hydrogens (tertiary/aromatic N) is 2. The van der Waals surface area contributed by atoms with Gasteiger partial charge in [0.15, 0.2) is 0 Å². The maximum absolute atomic E-state index is 11.3. The molecular formula is C12H11BrN2O2. The minimum atomic E-state index is -0.257. The fourth-order valence-corrected chi connectivity index (χ4v) is 1.61. The molecule has 0 fully saturated rings. The zero-order chi connectivity index (χ0) is 12.1. The first-order chi connectivity index (χ1) is 8.25. The Morgan fingerprint density at radius 3 is 2.76 bits per heavy atom. The van der Waals surface area contributed by atoms with Crippen molar-refractivity contribution in [2.45, 2.75) is 6.54 Å². The molecule has 1 aromatic carbocycles. The average molecular weight is 295 g/mol. The molecule has 0 saturated carbocycles. The lowest BCUT2D eigenvalue weighted by molar-refractivity contribution is 0.295. The Labute approximate surface area is 107 Å². The molecule has 0 unspecified atom stereocenters. The largest absolute Gasteiger partial charge is 0.492 e. The number of halogens is 1. The molecule has 0 radical (unpaired) electrons. The molecule has 5 heteroatoms. The molecule has 0 aliphatic heterocycles. The van der Waals surface area contributed by atoms with Crippen LogP contribution in [-0.4, -0.2) is 16.2 Å². The summed E-state index contributed by atoms with van der Waals surface area (Å²) in [4.78, 5) is 15.0. The fourth-order valence-electron chi connectivity index (χ4n) is 1.35. The zero-order valence-electron chi connectivity index (χ0n) is 9.04. The maximum atomic E-state index is 11.3. The van der Waals surface area contributed by atoms with Crippen LogP contribution >= 0.6 is 15.9 Å². The van der Waals surface area contributed by atoms with E-state index in [9.17, 15) is 4.79 Å². The van der Waals surface area contributed by atoms with Crippen LogP contribution in [0.1, 0.15) is 0 Å². The minimum Gasteiger partial charge on any atom is -0.492 e. The van der Waals surface area contributed by atoms with E-state index in [0.29, 0.717) is 13.2 Å². The zero-order valence-corrected chi connectivity index (χ0v) is 10.6. The van der Waals surface area contributed by atoms with Crippen molar-refractivity contribution in [1.82, 2.24) is 9.55 Å². The fraction of sp³-hybridized carbons (Fsp3) is 0.167. The Morgan fingerprint density at radius 1 is 1.29 bits per heavy atom. The molecule has 0 aliphatic carbocycles. The first-order valence-electron chi connectivity index (χ1n) is 5.15. The van der Waals surface area contributed by atoms with Gasteiger partial charge in [0.25, 0.3) is 0 Å². The maximum Gasteiger partial charge on any atom is 0.347 e. The van der Waals surface area contributed by atoms with Gasteiger partial charge in [-0.2, -0.15) is 0 Å². The first kappa shape index (κ1) is 11.9. The summed E-state index contributed by atoms with van der Waals surface area (Å²) in [5.41, 5.74) is -0.257. The highest BCUT2D eigenvalue weighted by Gasteiger charge is 1.96. The number of aromatic nitrogens is 2. The van der Waals surface area contributed by atoms with Gasteiger partial charge in [-0.3, -0.25) is 4.57 Å². The molecule has 2 rings (SSSR count). The Morgan fingerprint density at radius 2 is 2.06 bits per heavy atom. The molecule has 0 bridgehead atoms. The first-order valence-corrected chi connectivity index (χ1v) is 5.95. The summed E-state index contributed by atoms with van der Waals surface area (Å²) in [6, 6.07) is 9.28. The van der Waals surface area contributed by atoms with Crippen molar-refractivity contribution in [3.63, 3.8) is 0 Å². The van der Waals surface area contributed by atoms with E-state index in [4.69, 9.17) is 4.74 Å². The van der Waals surface area contributed by atoms with Crippen molar-refractivity contribution in [3.8, 4) is 5.75 Å². The summed E-state index contributed by atoms with van der Waals surface area (Å²) >= 11 is 3.35. The molecule has 1 aromatic heterocycles. The summed E-state index contributed by atoms with van der Waals surface area (Å²) in [5.74, 6) is 0.783. The van der Waals surface area contributed by atoms with E-state index < -0.39 is 0 Å². The summed E-state index contributed by atoms with van der Waals surface area (Å²) < 4.78 is 8.03. The van der Waals surface area contributed by atoms with E-state index in [0.717, 1.165) is 10.2 Å². The van der Waals surface area contributed by atoms with E-state index in [1.165, 1.54) is 10.8 Å². The second-order valence-electron chi connectivity index (χ2n) is 3.40. The van der Waals surface area contributed by atoms with Crippen molar-refractivity contribution >= 4 is 15.9 Å². The lowest BCUT2D eigenvalue weighted by Gasteiger charge is -2.07. The number of hydrogen-bond acceptors (Lipinski definition) is 3. The van der Waals surface area contributed by atoms with Gasteiger partial charge in [0.2, 0.25) is 0 Å². The normalized spacial score (nSPS) is 10.2. The van der Waals surface area contributed by atoms with Gasteiger partial charge in [-0.1, -0.05) is 15.9 Å². The van der Waals surface area contributed by atoms with Crippen molar-refractivity contribution in [1.29, 1.82) is 0 Å². The predicted octanol–water partition coefficient (Wildman–Crippen LogP) is 2.08. The molecule has 17 heavy (non-hydrogen) atoms. The van der Waals surface area contributed by atoms with Gasteiger partial charge in [-0.15, -0.1) is 0 Å². The van der Waals surface area contributed by atoms with Gasteiger partial charge >= 0.3 is 5.69 Å². The SMILES string of the molecule is O=c1ncccn1CCOc1ccc(Br)cc1. The van der Waals surface area contributed by atoms with Gasteiger partial charge in [-0.25, -0.2) is 9.78 Å². The third-order valence-electron chi connectivity index (χ3n) is 2.20. The van der Waals surface area contributed by atoms with Gasteiger partial charge in [0.1, 0.15) is 12.4 Å². The van der Waals surface area contributed by atoms with Gasteiger partial charge in [-0.05, 0) is 30.3 Å². The molecule has 1 heterocycles. The van der Waals surface area contributed by atoms with Crippen molar-refractivity contribution in [2.24, 2.45) is 0 Å². The summed E-state index contributed by atoms with van der Waals surface area (Å²) in [6.07, 6.45) is 3.18. The molecule has 88 valence electrons.